The van der Waals surface area contributed by atoms with E-state index in [1.165, 1.54) is 99.7 Å². The summed E-state index contributed by atoms with van der Waals surface area (Å²) in [6.45, 7) is 0. The highest BCUT2D eigenvalue weighted by Crippen LogP contribution is 2.42. The predicted octanol–water partition coefficient (Wildman–Crippen LogP) is 16.5. The Balaban J connectivity index is 1.16. The summed E-state index contributed by atoms with van der Waals surface area (Å²) in [6.07, 6.45) is 0. The number of benzene rings is 10. The van der Waals surface area contributed by atoms with Crippen LogP contribution in [0.25, 0.3) is 105 Å². The molecule has 0 fully saturated rings. The zero-order valence-corrected chi connectivity index (χ0v) is 33.6. The van der Waals surface area contributed by atoms with E-state index >= 15 is 0 Å². The van der Waals surface area contributed by atoms with Crippen molar-refractivity contribution in [1.82, 2.24) is 4.57 Å². The SMILES string of the molecule is c1ccc(-c2cc(-c3ccccc3)cc(-c3ccc4c(c3)c3cc(-c5cc(-c6ccccc6)cc(-c6ccccc6)c5)ccc3n4-c3ccccc3-c3ccccc3)c2)cc1. The predicted molar refractivity (Wildman–Crippen MR) is 259 cm³/mol. The number of nitrogens with zero attached hydrogens (tertiary/aromatic N) is 1. The van der Waals surface area contributed by atoms with E-state index in [0.717, 1.165) is 5.69 Å². The smallest absolute Gasteiger partial charge is 0.0541 e. The highest BCUT2D eigenvalue weighted by atomic mass is 15.0. The largest absolute Gasteiger partial charge is 0.309 e. The Hall–Kier alpha value is -8.00. The van der Waals surface area contributed by atoms with Gasteiger partial charge in [0.1, 0.15) is 0 Å². The lowest BCUT2D eigenvalue weighted by Crippen LogP contribution is -1.97. The fourth-order valence-corrected chi connectivity index (χ4v) is 8.95. The molecule has 0 unspecified atom stereocenters. The second kappa shape index (κ2) is 15.6. The second-order valence-electron chi connectivity index (χ2n) is 15.7. The third-order valence-electron chi connectivity index (χ3n) is 12.0. The first-order chi connectivity index (χ1) is 30.2. The monoisotopic (exact) mass is 775 g/mol. The highest BCUT2D eigenvalue weighted by Gasteiger charge is 2.19. The molecule has 0 radical (unpaired) electrons. The van der Waals surface area contributed by atoms with Crippen LogP contribution in [-0.2, 0) is 0 Å². The van der Waals surface area contributed by atoms with Gasteiger partial charge in [-0.15, -0.1) is 0 Å². The molecule has 61 heavy (non-hydrogen) atoms. The Morgan fingerprint density at radius 1 is 0.197 bits per heavy atom. The van der Waals surface area contributed by atoms with Crippen molar-refractivity contribution in [2.45, 2.75) is 0 Å². The Morgan fingerprint density at radius 2 is 0.492 bits per heavy atom. The van der Waals surface area contributed by atoms with Gasteiger partial charge >= 0.3 is 0 Å². The van der Waals surface area contributed by atoms with Gasteiger partial charge in [0.15, 0.2) is 0 Å². The molecule has 0 aliphatic carbocycles. The van der Waals surface area contributed by atoms with Crippen molar-refractivity contribution in [3.05, 3.63) is 249 Å². The molecular weight excluding hydrogens is 735 g/mol. The fourth-order valence-electron chi connectivity index (χ4n) is 8.95. The standard InChI is InChI=1S/C60H41N/c1-6-18-42(19-7-1)49-34-50(43-20-8-2-9-21-43)37-53(36-49)47-30-32-59-56(40-47)57-41-48(31-33-60(57)61(59)58-29-17-16-28-55(58)46-26-14-5-15-27-46)54-38-51(44-22-10-3-11-23-44)35-52(39-54)45-24-12-4-13-25-45/h1-41H. The van der Waals surface area contributed by atoms with Crippen LogP contribution in [0.4, 0.5) is 0 Å². The molecular formula is C60H41N. The number of hydrogen-bond donors (Lipinski definition) is 0. The summed E-state index contributed by atoms with van der Waals surface area (Å²) in [7, 11) is 0. The van der Waals surface area contributed by atoms with Gasteiger partial charge in [-0.25, -0.2) is 0 Å². The molecule has 0 atom stereocenters. The first-order valence-electron chi connectivity index (χ1n) is 21.0. The number of hydrogen-bond acceptors (Lipinski definition) is 0. The molecule has 0 amide bonds. The maximum atomic E-state index is 2.46. The Labute approximate surface area is 357 Å². The van der Waals surface area contributed by atoms with Crippen molar-refractivity contribution in [3.8, 4) is 83.6 Å². The van der Waals surface area contributed by atoms with Gasteiger partial charge in [-0.1, -0.05) is 182 Å². The average Bonchev–Trinajstić information content (AvgIpc) is 3.68. The first-order valence-corrected chi connectivity index (χ1v) is 21.0. The van der Waals surface area contributed by atoms with E-state index in [4.69, 9.17) is 0 Å². The number of rotatable bonds is 8. The van der Waals surface area contributed by atoms with E-state index < -0.39 is 0 Å². The van der Waals surface area contributed by atoms with Crippen LogP contribution in [0.1, 0.15) is 0 Å². The molecule has 0 aliphatic heterocycles. The van der Waals surface area contributed by atoms with Crippen molar-refractivity contribution in [2.24, 2.45) is 0 Å². The van der Waals surface area contributed by atoms with Crippen LogP contribution in [-0.4, -0.2) is 4.57 Å². The van der Waals surface area contributed by atoms with Crippen molar-refractivity contribution in [3.63, 3.8) is 0 Å². The maximum absolute atomic E-state index is 2.46. The van der Waals surface area contributed by atoms with E-state index in [-0.39, 0.29) is 0 Å². The quantitative estimate of drug-likeness (QED) is 0.145. The van der Waals surface area contributed by atoms with Gasteiger partial charge < -0.3 is 4.57 Å². The van der Waals surface area contributed by atoms with Crippen LogP contribution in [0.3, 0.4) is 0 Å². The Bertz CT molecular complexity index is 3010. The molecule has 0 saturated heterocycles. The van der Waals surface area contributed by atoms with Gasteiger partial charge in [-0.3, -0.25) is 0 Å². The van der Waals surface area contributed by atoms with E-state index in [2.05, 4.69) is 253 Å². The first kappa shape index (κ1) is 36.1. The van der Waals surface area contributed by atoms with Crippen LogP contribution in [0.2, 0.25) is 0 Å². The van der Waals surface area contributed by atoms with Crippen LogP contribution in [0, 0.1) is 0 Å². The molecule has 11 aromatic rings. The van der Waals surface area contributed by atoms with Gasteiger partial charge in [0.05, 0.1) is 16.7 Å². The van der Waals surface area contributed by atoms with E-state index in [0.29, 0.717) is 0 Å². The van der Waals surface area contributed by atoms with E-state index in [1.807, 2.05) is 0 Å². The summed E-state index contributed by atoms with van der Waals surface area (Å²) in [6, 6.07) is 90.5. The van der Waals surface area contributed by atoms with Crippen molar-refractivity contribution >= 4 is 21.8 Å². The van der Waals surface area contributed by atoms with Gasteiger partial charge in [-0.05, 0) is 139 Å². The molecule has 0 aliphatic rings. The minimum atomic E-state index is 1.16. The van der Waals surface area contributed by atoms with Gasteiger partial charge in [-0.2, -0.15) is 0 Å². The molecule has 1 heteroatoms. The molecule has 1 heterocycles. The van der Waals surface area contributed by atoms with Crippen molar-refractivity contribution in [2.75, 3.05) is 0 Å². The summed E-state index contributed by atoms with van der Waals surface area (Å²) in [4.78, 5) is 0. The second-order valence-corrected chi connectivity index (χ2v) is 15.7. The average molecular weight is 776 g/mol. The fraction of sp³-hybridized carbons (Fsp3) is 0. The van der Waals surface area contributed by atoms with E-state index in [1.54, 1.807) is 0 Å². The van der Waals surface area contributed by atoms with E-state index in [9.17, 15) is 0 Å². The lowest BCUT2D eigenvalue weighted by atomic mass is 9.92. The van der Waals surface area contributed by atoms with Gasteiger partial charge in [0.2, 0.25) is 0 Å². The summed E-state index contributed by atoms with van der Waals surface area (Å²) in [5.74, 6) is 0. The summed E-state index contributed by atoms with van der Waals surface area (Å²) in [5.41, 5.74) is 20.2. The molecule has 11 rings (SSSR count). The summed E-state index contributed by atoms with van der Waals surface area (Å²) >= 11 is 0. The van der Waals surface area contributed by atoms with Crippen molar-refractivity contribution < 1.29 is 0 Å². The number of fused-ring (bicyclic) bond motifs is 3. The van der Waals surface area contributed by atoms with Gasteiger partial charge in [0, 0.05) is 16.3 Å². The maximum Gasteiger partial charge on any atom is 0.0541 e. The third kappa shape index (κ3) is 6.93. The topological polar surface area (TPSA) is 4.93 Å². The highest BCUT2D eigenvalue weighted by molar-refractivity contribution is 6.12. The molecule has 0 N–H and O–H groups in total. The molecule has 10 aromatic carbocycles. The molecule has 0 bridgehead atoms. The number of aromatic nitrogens is 1. The summed E-state index contributed by atoms with van der Waals surface area (Å²) in [5, 5.41) is 2.43. The Morgan fingerprint density at radius 3 is 0.852 bits per heavy atom. The van der Waals surface area contributed by atoms with Crippen LogP contribution < -0.4 is 0 Å². The lowest BCUT2D eigenvalue weighted by Gasteiger charge is -2.15. The number of para-hydroxylation sites is 1. The molecule has 1 nitrogen and oxygen atoms in total. The van der Waals surface area contributed by atoms with Crippen molar-refractivity contribution in [1.29, 1.82) is 0 Å². The normalized spacial score (nSPS) is 11.3. The Kier molecular flexibility index (Phi) is 9.26. The van der Waals surface area contributed by atoms with Gasteiger partial charge in [0.25, 0.3) is 0 Å². The lowest BCUT2D eigenvalue weighted by molar-refractivity contribution is 1.18. The zero-order chi connectivity index (χ0) is 40.5. The summed E-state index contributed by atoms with van der Waals surface area (Å²) < 4.78 is 2.46. The van der Waals surface area contributed by atoms with Crippen LogP contribution in [0.5, 0.6) is 0 Å². The molecule has 0 spiro atoms. The molecule has 1 aromatic heterocycles. The minimum Gasteiger partial charge on any atom is -0.309 e. The molecule has 0 saturated carbocycles. The van der Waals surface area contributed by atoms with Crippen LogP contribution in [0.15, 0.2) is 249 Å². The zero-order valence-electron chi connectivity index (χ0n) is 33.6. The van der Waals surface area contributed by atoms with Crippen LogP contribution >= 0.6 is 0 Å². The third-order valence-corrected chi connectivity index (χ3v) is 12.0. The minimum absolute atomic E-state index is 1.16. The molecule has 286 valence electrons.